The van der Waals surface area contributed by atoms with Crippen LogP contribution in [0.1, 0.15) is 11.3 Å². The Labute approximate surface area is 179 Å². The van der Waals surface area contributed by atoms with Crippen LogP contribution in [0.5, 0.6) is 0 Å². The lowest BCUT2D eigenvalue weighted by atomic mass is 10.2. The van der Waals surface area contributed by atoms with Gasteiger partial charge in [0.1, 0.15) is 18.1 Å². The van der Waals surface area contributed by atoms with Crippen molar-refractivity contribution >= 4 is 33.0 Å². The fourth-order valence-electron chi connectivity index (χ4n) is 2.53. The highest BCUT2D eigenvalue weighted by Crippen LogP contribution is 2.41. The van der Waals surface area contributed by atoms with Gasteiger partial charge in [-0.15, -0.1) is 0 Å². The highest BCUT2D eigenvalue weighted by Gasteiger charge is 2.51. The second-order valence-electron chi connectivity index (χ2n) is 5.73. The molecule has 3 aromatic rings. The van der Waals surface area contributed by atoms with E-state index in [1.807, 2.05) is 0 Å². The minimum absolute atomic E-state index is 0.423. The largest absolute Gasteiger partial charge is 0.502 e. The van der Waals surface area contributed by atoms with Gasteiger partial charge in [-0.25, -0.2) is 18.1 Å². The fraction of sp³-hybridized carbons (Fsp3) is 0.133. The number of alkyl halides is 6. The molecule has 0 unspecified atom stereocenters. The van der Waals surface area contributed by atoms with Crippen molar-refractivity contribution in [3.05, 3.63) is 52.2 Å². The molecule has 0 fully saturated rings. The van der Waals surface area contributed by atoms with E-state index in [0.717, 1.165) is 23.3 Å². The molecule has 0 amide bonds. The van der Waals surface area contributed by atoms with Crippen molar-refractivity contribution in [3.8, 4) is 17.6 Å². The van der Waals surface area contributed by atoms with Gasteiger partial charge >= 0.3 is 11.7 Å². The SMILES string of the molecule is N#Cc1nn(-c2c(Cl)cc(C(F)(F)F)cc2Cl)c(-n2ccnc2)c1S(=O)(=O)C(F)(F)F. The van der Waals surface area contributed by atoms with Gasteiger partial charge in [-0.05, 0) is 12.1 Å². The maximum atomic E-state index is 13.3. The first-order chi connectivity index (χ1) is 14.2. The van der Waals surface area contributed by atoms with Crippen LogP contribution in [0.2, 0.25) is 10.0 Å². The van der Waals surface area contributed by atoms with Crippen molar-refractivity contribution in [1.29, 1.82) is 5.26 Å². The topological polar surface area (TPSA) is 93.6 Å². The van der Waals surface area contributed by atoms with Gasteiger partial charge in [0, 0.05) is 12.4 Å². The standard InChI is InChI=1S/C15H5Cl2F6N5O2S/c16-8-3-7(14(18,19)20)4-9(17)11(8)28-13(27-2-1-25-6-27)12(10(5-24)26-28)31(29,30)15(21,22)23/h1-4,6H. The number of aromatic nitrogens is 4. The first-order valence-corrected chi connectivity index (χ1v) is 9.83. The zero-order valence-electron chi connectivity index (χ0n) is 14.4. The van der Waals surface area contributed by atoms with Crippen LogP contribution in [-0.4, -0.2) is 33.3 Å². The van der Waals surface area contributed by atoms with Crippen molar-refractivity contribution in [2.75, 3.05) is 0 Å². The normalized spacial score (nSPS) is 12.7. The third kappa shape index (κ3) is 3.84. The first kappa shape index (κ1) is 22.9. The third-order valence-electron chi connectivity index (χ3n) is 3.80. The first-order valence-electron chi connectivity index (χ1n) is 7.59. The zero-order valence-corrected chi connectivity index (χ0v) is 16.7. The number of halogens is 8. The van der Waals surface area contributed by atoms with Crippen molar-refractivity contribution < 1.29 is 34.8 Å². The van der Waals surface area contributed by atoms with Crippen LogP contribution in [0, 0.1) is 11.3 Å². The van der Waals surface area contributed by atoms with Crippen LogP contribution in [0.15, 0.2) is 35.7 Å². The summed E-state index contributed by atoms with van der Waals surface area (Å²) in [5.74, 6) is -0.880. The van der Waals surface area contributed by atoms with E-state index in [4.69, 9.17) is 23.2 Å². The molecule has 0 spiro atoms. The fourth-order valence-corrected chi connectivity index (χ4v) is 4.18. The number of imidazole rings is 1. The van der Waals surface area contributed by atoms with Crippen LogP contribution in [-0.2, 0) is 16.0 Å². The average molecular weight is 504 g/mol. The number of sulfone groups is 1. The van der Waals surface area contributed by atoms with Gasteiger partial charge in [-0.1, -0.05) is 23.2 Å². The molecule has 2 aromatic heterocycles. The third-order valence-corrected chi connectivity index (χ3v) is 5.90. The molecule has 0 bridgehead atoms. The highest BCUT2D eigenvalue weighted by atomic mass is 35.5. The van der Waals surface area contributed by atoms with E-state index in [-0.39, 0.29) is 0 Å². The number of hydrogen-bond donors (Lipinski definition) is 0. The van der Waals surface area contributed by atoms with Crippen LogP contribution in [0.25, 0.3) is 11.5 Å². The molecule has 164 valence electrons. The van der Waals surface area contributed by atoms with Crippen molar-refractivity contribution in [2.45, 2.75) is 16.6 Å². The maximum absolute atomic E-state index is 13.3. The van der Waals surface area contributed by atoms with E-state index in [1.165, 1.54) is 6.07 Å². The van der Waals surface area contributed by atoms with Crippen molar-refractivity contribution in [3.63, 3.8) is 0 Å². The predicted molar refractivity (Wildman–Crippen MR) is 93.7 cm³/mol. The van der Waals surface area contributed by atoms with E-state index >= 15 is 0 Å². The summed E-state index contributed by atoms with van der Waals surface area (Å²) in [6.07, 6.45) is -1.87. The lowest BCUT2D eigenvalue weighted by Gasteiger charge is -2.15. The van der Waals surface area contributed by atoms with Gasteiger partial charge < -0.3 is 0 Å². The Morgan fingerprint density at radius 3 is 2.06 bits per heavy atom. The molecule has 31 heavy (non-hydrogen) atoms. The Morgan fingerprint density at radius 2 is 1.65 bits per heavy atom. The van der Waals surface area contributed by atoms with Gasteiger partial charge in [0.05, 0.1) is 15.6 Å². The highest BCUT2D eigenvalue weighted by molar-refractivity contribution is 7.92. The minimum atomic E-state index is -6.14. The lowest BCUT2D eigenvalue weighted by molar-refractivity contribution is -0.137. The molecule has 16 heteroatoms. The number of nitrogens with zero attached hydrogens (tertiary/aromatic N) is 5. The summed E-state index contributed by atoms with van der Waals surface area (Å²) < 4.78 is 104. The minimum Gasteiger partial charge on any atom is -0.289 e. The molecule has 0 saturated carbocycles. The Morgan fingerprint density at radius 1 is 1.06 bits per heavy atom. The Balaban J connectivity index is 2.46. The Bertz CT molecular complexity index is 1280. The molecule has 1 aromatic carbocycles. The number of rotatable bonds is 3. The molecular formula is C15H5Cl2F6N5O2S. The van der Waals surface area contributed by atoms with Crippen molar-refractivity contribution in [2.24, 2.45) is 0 Å². The van der Waals surface area contributed by atoms with Crippen LogP contribution < -0.4 is 0 Å². The Kier molecular flexibility index (Phi) is 5.49. The molecule has 0 radical (unpaired) electrons. The maximum Gasteiger partial charge on any atom is 0.502 e. The molecule has 0 atom stereocenters. The second-order valence-corrected chi connectivity index (χ2v) is 8.42. The second kappa shape index (κ2) is 7.43. The van der Waals surface area contributed by atoms with Gasteiger partial charge in [0.15, 0.2) is 16.4 Å². The van der Waals surface area contributed by atoms with Gasteiger partial charge in [-0.2, -0.15) is 36.7 Å². The van der Waals surface area contributed by atoms with Gasteiger partial charge in [0.25, 0.3) is 9.84 Å². The van der Waals surface area contributed by atoms with E-state index in [2.05, 4.69) is 10.1 Å². The molecule has 0 aliphatic heterocycles. The summed E-state index contributed by atoms with van der Waals surface area (Å²) in [7, 11) is -6.14. The number of nitriles is 1. The summed E-state index contributed by atoms with van der Waals surface area (Å²) in [5, 5.41) is 11.3. The van der Waals surface area contributed by atoms with E-state index in [9.17, 15) is 40.0 Å². The van der Waals surface area contributed by atoms with Gasteiger partial charge in [0.2, 0.25) is 0 Å². The van der Waals surface area contributed by atoms with E-state index in [1.54, 1.807) is 0 Å². The molecule has 0 saturated heterocycles. The summed E-state index contributed by atoms with van der Waals surface area (Å²) >= 11 is 11.8. The quantitative estimate of drug-likeness (QED) is 0.488. The van der Waals surface area contributed by atoms with Crippen LogP contribution >= 0.6 is 23.2 Å². The summed E-state index contributed by atoms with van der Waals surface area (Å²) in [5.41, 5.74) is -8.87. The monoisotopic (exact) mass is 503 g/mol. The number of hydrogen-bond acceptors (Lipinski definition) is 5. The van der Waals surface area contributed by atoms with E-state index < -0.39 is 59.2 Å². The summed E-state index contributed by atoms with van der Waals surface area (Å²) in [6, 6.07) is 2.08. The Hall–Kier alpha value is -2.76. The van der Waals surface area contributed by atoms with Crippen LogP contribution in [0.3, 0.4) is 0 Å². The molecule has 0 aliphatic carbocycles. The average Bonchev–Trinajstić information content (AvgIpc) is 3.26. The summed E-state index contributed by atoms with van der Waals surface area (Å²) in [4.78, 5) is 2.04. The zero-order chi connectivity index (χ0) is 23.4. The number of benzene rings is 1. The molecule has 2 heterocycles. The lowest BCUT2D eigenvalue weighted by Crippen LogP contribution is -2.25. The van der Waals surface area contributed by atoms with Gasteiger partial charge in [-0.3, -0.25) is 4.57 Å². The van der Waals surface area contributed by atoms with Crippen LogP contribution in [0.4, 0.5) is 26.3 Å². The molecule has 3 rings (SSSR count). The summed E-state index contributed by atoms with van der Waals surface area (Å²) in [6.45, 7) is 0. The molecule has 7 nitrogen and oxygen atoms in total. The molecule has 0 N–H and O–H groups in total. The smallest absolute Gasteiger partial charge is 0.289 e. The molecule has 0 aliphatic rings. The molecular weight excluding hydrogens is 499 g/mol. The van der Waals surface area contributed by atoms with E-state index in [0.29, 0.717) is 16.8 Å². The predicted octanol–water partition coefficient (Wildman–Crippen LogP) is 4.55. The van der Waals surface area contributed by atoms with Crippen molar-refractivity contribution in [1.82, 2.24) is 19.3 Å².